The van der Waals surface area contributed by atoms with Crippen LogP contribution < -0.4 is 24.4 Å². The van der Waals surface area contributed by atoms with Gasteiger partial charge in [0.25, 0.3) is 14.4 Å². The van der Waals surface area contributed by atoms with Crippen molar-refractivity contribution in [1.29, 1.82) is 5.26 Å². The molecular formula is C59H76N7O8P. The normalized spacial score (nSPS) is 14.1. The average molecular weight is 1040 g/mol. The minimum atomic E-state index is -2.09. The number of carbonyl (C=O) groups excluding carboxylic acids is 2. The van der Waals surface area contributed by atoms with Gasteiger partial charge in [-0.05, 0) is 161 Å². The lowest BCUT2D eigenvalue weighted by Gasteiger charge is -2.46. The largest absolute Gasteiger partial charge is 0.497 e. The zero-order valence-corrected chi connectivity index (χ0v) is 46.1. The van der Waals surface area contributed by atoms with E-state index in [9.17, 15) is 19.7 Å². The summed E-state index contributed by atoms with van der Waals surface area (Å²) in [6.45, 7) is 9.97. The van der Waals surface area contributed by atoms with Gasteiger partial charge in [0, 0.05) is 74.8 Å². The lowest BCUT2D eigenvalue weighted by Crippen LogP contribution is -2.49. The van der Waals surface area contributed by atoms with Crippen LogP contribution in [-0.2, 0) is 19.7 Å². The van der Waals surface area contributed by atoms with Gasteiger partial charge in [-0.2, -0.15) is 15.5 Å². The number of amides is 2. The maximum Gasteiger partial charge on any atom is 0.256 e. The predicted molar refractivity (Wildman–Crippen MR) is 296 cm³/mol. The Hall–Kier alpha value is -6.40. The van der Waals surface area contributed by atoms with Crippen LogP contribution >= 0.6 is 8.53 Å². The first kappa shape index (κ1) is 57.9. The van der Waals surface area contributed by atoms with E-state index in [-0.39, 0.29) is 31.1 Å². The average Bonchev–Trinajstić information content (AvgIpc) is 3.44. The molecule has 0 spiro atoms. The number of nitrogens with one attached hydrogen (secondary N) is 1. The van der Waals surface area contributed by atoms with E-state index in [0.29, 0.717) is 86.7 Å². The van der Waals surface area contributed by atoms with Crippen molar-refractivity contribution in [3.05, 3.63) is 144 Å². The third-order valence-electron chi connectivity index (χ3n) is 14.0. The number of nitrogens with zero attached hydrogens (tertiary/aromatic N) is 6. The number of hydrogen-bond acceptors (Lipinski definition) is 13. The first-order chi connectivity index (χ1) is 36.1. The van der Waals surface area contributed by atoms with Gasteiger partial charge in [-0.15, -0.1) is 0 Å². The number of benzene rings is 5. The molecule has 5 aromatic rings. The summed E-state index contributed by atoms with van der Waals surface area (Å²) in [4.78, 5) is 42.7. The SMILES string of the molecule is COc1ccc(C(OCC2(COP(O)N(C(C)C)C(C)(C)CCC#N)CCN(C(=O)CCCCCNC(=O)c3ccc(N=Nc4ccc(N(C)C)cc4)cc3)CC2)(c2ccc(OC)cc2)c2ccc(OC)cc2)cc1. The van der Waals surface area contributed by atoms with Gasteiger partial charge < -0.3 is 43.5 Å². The molecule has 2 amide bonds. The smallest absolute Gasteiger partial charge is 0.256 e. The van der Waals surface area contributed by atoms with E-state index in [0.717, 1.165) is 40.9 Å². The highest BCUT2D eigenvalue weighted by molar-refractivity contribution is 7.43. The fraction of sp³-hybridized carbons (Fsp3) is 0.441. The van der Waals surface area contributed by atoms with Crippen molar-refractivity contribution < 1.29 is 38.0 Å². The Bertz CT molecular complexity index is 2520. The van der Waals surface area contributed by atoms with E-state index in [1.54, 1.807) is 45.6 Å². The van der Waals surface area contributed by atoms with Crippen LogP contribution in [0.5, 0.6) is 17.2 Å². The molecule has 0 radical (unpaired) electrons. The predicted octanol–water partition coefficient (Wildman–Crippen LogP) is 12.1. The molecule has 1 unspecified atom stereocenters. The zero-order valence-electron chi connectivity index (χ0n) is 45.3. The number of ether oxygens (including phenoxy) is 4. The number of azo groups is 1. The summed E-state index contributed by atoms with van der Waals surface area (Å²) in [5.41, 5.74) is 3.33. The molecule has 6 rings (SSSR count). The second kappa shape index (κ2) is 27.4. The highest BCUT2D eigenvalue weighted by Gasteiger charge is 2.45. The van der Waals surface area contributed by atoms with E-state index >= 15 is 0 Å². The van der Waals surface area contributed by atoms with Crippen molar-refractivity contribution >= 4 is 37.4 Å². The lowest BCUT2D eigenvalue weighted by atomic mass is 9.77. The Morgan fingerprint density at radius 1 is 0.747 bits per heavy atom. The quantitative estimate of drug-likeness (QED) is 0.0222. The highest BCUT2D eigenvalue weighted by Crippen LogP contribution is 2.50. The summed E-state index contributed by atoms with van der Waals surface area (Å²) in [7, 11) is 6.80. The summed E-state index contributed by atoms with van der Waals surface area (Å²) in [6.07, 6.45) is 4.63. The molecule has 1 heterocycles. The van der Waals surface area contributed by atoms with Crippen LogP contribution in [0.2, 0.25) is 0 Å². The summed E-state index contributed by atoms with van der Waals surface area (Å²) >= 11 is 0. The monoisotopic (exact) mass is 1040 g/mol. The fourth-order valence-corrected chi connectivity index (χ4v) is 11.0. The van der Waals surface area contributed by atoms with Gasteiger partial charge in [-0.3, -0.25) is 9.59 Å². The fourth-order valence-electron chi connectivity index (χ4n) is 9.56. The van der Waals surface area contributed by atoms with Crippen LogP contribution in [0.25, 0.3) is 0 Å². The number of hydrogen-bond donors (Lipinski definition) is 2. The van der Waals surface area contributed by atoms with Gasteiger partial charge in [0.1, 0.15) is 22.8 Å². The number of unbranched alkanes of at least 4 members (excludes halogenated alkanes) is 2. The summed E-state index contributed by atoms with van der Waals surface area (Å²) in [5, 5.41) is 21.1. The number of piperidine rings is 1. The molecule has 5 aromatic carbocycles. The summed E-state index contributed by atoms with van der Waals surface area (Å²) < 4.78 is 32.9. The standard InChI is InChI=1S/C59H76N7O8P/c1-44(2)66(57(3,4)35-13-38-60)75(69)74-43-58(42-73-59(46-17-29-52(70-7)30-18-46,47-19-31-53(71-8)32-20-47)48-21-33-54(72-9)34-22-48)36-40-65(41-37-58)55(67)14-11-10-12-39-61-56(68)45-15-23-49(24-16-45)62-63-50-25-27-51(28-26-50)64(5)6/h15-34,44,69H,10-14,35-37,39-43H2,1-9H3,(H,61,68). The van der Waals surface area contributed by atoms with Crippen LogP contribution in [0.1, 0.15) is 106 Å². The Labute approximate surface area is 445 Å². The number of nitriles is 1. The van der Waals surface area contributed by atoms with Gasteiger partial charge in [0.15, 0.2) is 0 Å². The molecule has 75 heavy (non-hydrogen) atoms. The molecular weight excluding hydrogens is 966 g/mol. The van der Waals surface area contributed by atoms with Gasteiger partial charge in [-0.25, -0.2) is 4.67 Å². The van der Waals surface area contributed by atoms with Crippen LogP contribution in [0.3, 0.4) is 0 Å². The molecule has 0 bridgehead atoms. The van der Waals surface area contributed by atoms with Crippen molar-refractivity contribution in [1.82, 2.24) is 14.9 Å². The maximum atomic E-state index is 13.9. The third kappa shape index (κ3) is 15.4. The van der Waals surface area contributed by atoms with E-state index in [1.165, 1.54) is 0 Å². The van der Waals surface area contributed by atoms with Crippen LogP contribution in [0.4, 0.5) is 17.1 Å². The molecule has 1 aliphatic rings. The topological polar surface area (TPSA) is 171 Å². The van der Waals surface area contributed by atoms with Gasteiger partial charge >= 0.3 is 0 Å². The van der Waals surface area contributed by atoms with Crippen LogP contribution in [0, 0.1) is 16.7 Å². The number of carbonyl (C=O) groups is 2. The van der Waals surface area contributed by atoms with Crippen LogP contribution in [-0.4, -0.2) is 106 Å². The number of likely N-dealkylation sites (tertiary alicyclic amines) is 1. The van der Waals surface area contributed by atoms with Gasteiger partial charge in [0.2, 0.25) is 5.91 Å². The van der Waals surface area contributed by atoms with Gasteiger partial charge in [0.05, 0.1) is 52.0 Å². The van der Waals surface area contributed by atoms with E-state index in [2.05, 4.69) is 21.6 Å². The van der Waals surface area contributed by atoms with Crippen molar-refractivity contribution in [2.75, 3.05) is 73.2 Å². The third-order valence-corrected chi connectivity index (χ3v) is 15.8. The second-order valence-corrected chi connectivity index (χ2v) is 21.4. The number of anilines is 1. The Kier molecular flexibility index (Phi) is 21.1. The molecule has 1 atom stereocenters. The minimum absolute atomic E-state index is 0.0648. The molecule has 1 fully saturated rings. The van der Waals surface area contributed by atoms with E-state index < -0.39 is 25.1 Å². The molecule has 1 saturated heterocycles. The van der Waals surface area contributed by atoms with Crippen molar-refractivity contribution in [2.24, 2.45) is 15.6 Å². The van der Waals surface area contributed by atoms with Crippen molar-refractivity contribution in [3.63, 3.8) is 0 Å². The Morgan fingerprint density at radius 2 is 1.24 bits per heavy atom. The summed E-state index contributed by atoms with van der Waals surface area (Å²) in [5.74, 6) is 2.03. The van der Waals surface area contributed by atoms with Gasteiger partial charge in [-0.1, -0.05) is 42.8 Å². The molecule has 15 nitrogen and oxygen atoms in total. The molecule has 0 saturated carbocycles. The van der Waals surface area contributed by atoms with Crippen molar-refractivity contribution in [2.45, 2.75) is 96.2 Å². The molecule has 0 aliphatic carbocycles. The summed E-state index contributed by atoms with van der Waals surface area (Å²) in [6, 6.07) is 40.7. The molecule has 1 aliphatic heterocycles. The van der Waals surface area contributed by atoms with Crippen LogP contribution in [0.15, 0.2) is 132 Å². The zero-order chi connectivity index (χ0) is 54.0. The molecule has 2 N–H and O–H groups in total. The Morgan fingerprint density at radius 3 is 1.69 bits per heavy atom. The van der Waals surface area contributed by atoms with Crippen molar-refractivity contribution in [3.8, 4) is 23.3 Å². The molecule has 400 valence electrons. The van der Waals surface area contributed by atoms with E-state index in [1.807, 2.05) is 153 Å². The second-order valence-electron chi connectivity index (χ2n) is 20.2. The highest BCUT2D eigenvalue weighted by atomic mass is 31.2. The molecule has 16 heteroatoms. The molecule has 0 aromatic heterocycles. The first-order valence-electron chi connectivity index (χ1n) is 25.8. The number of methoxy groups -OCH3 is 3. The minimum Gasteiger partial charge on any atom is -0.497 e. The maximum absolute atomic E-state index is 13.9. The first-order valence-corrected chi connectivity index (χ1v) is 26.9. The van der Waals surface area contributed by atoms with E-state index in [4.69, 9.17) is 23.5 Å². The lowest BCUT2D eigenvalue weighted by molar-refractivity contribution is -0.136. The Balaban J connectivity index is 1.13. The number of rotatable bonds is 27.